The minimum Gasteiger partial charge on any atom is -0.378 e. The number of rotatable bonds is 3. The number of benzene rings is 1. The summed E-state index contributed by atoms with van der Waals surface area (Å²) in [6, 6.07) is 8.64. The molecule has 5 nitrogen and oxygen atoms in total. The van der Waals surface area contributed by atoms with Gasteiger partial charge >= 0.3 is 0 Å². The zero-order valence-electron chi connectivity index (χ0n) is 8.80. The van der Waals surface area contributed by atoms with Crippen molar-refractivity contribution < 1.29 is 0 Å². The molecule has 1 aliphatic heterocycles. The average Bonchev–Trinajstić information content (AvgIpc) is 2.77. The van der Waals surface area contributed by atoms with Gasteiger partial charge in [-0.15, -0.1) is 5.10 Å². The maximum absolute atomic E-state index is 4.01. The Bertz CT molecular complexity index is 461. The molecule has 0 saturated carbocycles. The van der Waals surface area contributed by atoms with Crippen LogP contribution in [-0.2, 0) is 0 Å². The van der Waals surface area contributed by atoms with Gasteiger partial charge in [-0.1, -0.05) is 17.3 Å². The van der Waals surface area contributed by atoms with Gasteiger partial charge in [-0.25, -0.2) is 4.68 Å². The van der Waals surface area contributed by atoms with Crippen LogP contribution in [0.25, 0.3) is 5.69 Å². The van der Waals surface area contributed by atoms with E-state index in [2.05, 4.69) is 27.0 Å². The van der Waals surface area contributed by atoms with E-state index in [9.17, 15) is 0 Å². The number of hydrogen-bond acceptors (Lipinski definition) is 4. The van der Waals surface area contributed by atoms with Gasteiger partial charge in [0.15, 0.2) is 0 Å². The summed E-state index contributed by atoms with van der Waals surface area (Å²) in [6.07, 6.45) is 3.53. The molecule has 2 heterocycles. The number of aromatic nitrogens is 3. The van der Waals surface area contributed by atoms with Gasteiger partial charge in [-0.2, -0.15) is 0 Å². The van der Waals surface area contributed by atoms with E-state index in [1.807, 2.05) is 24.4 Å². The number of para-hydroxylation sites is 2. The van der Waals surface area contributed by atoms with Gasteiger partial charge in [0, 0.05) is 13.1 Å². The van der Waals surface area contributed by atoms with Crippen molar-refractivity contribution in [3.05, 3.63) is 36.7 Å². The molecule has 2 aromatic rings. The van der Waals surface area contributed by atoms with Crippen LogP contribution in [0.2, 0.25) is 0 Å². The summed E-state index contributed by atoms with van der Waals surface area (Å²) in [6.45, 7) is 2.04. The van der Waals surface area contributed by atoms with Gasteiger partial charge in [-0.05, 0) is 12.1 Å². The average molecular weight is 215 g/mol. The van der Waals surface area contributed by atoms with Crippen LogP contribution in [0.5, 0.6) is 0 Å². The van der Waals surface area contributed by atoms with Crippen LogP contribution in [-0.4, -0.2) is 34.1 Å². The lowest BCUT2D eigenvalue weighted by Crippen LogP contribution is -2.51. The topological polar surface area (TPSA) is 54.8 Å². The first-order valence-electron chi connectivity index (χ1n) is 5.36. The molecule has 1 fully saturated rings. The Kier molecular flexibility index (Phi) is 2.30. The zero-order valence-corrected chi connectivity index (χ0v) is 8.80. The van der Waals surface area contributed by atoms with E-state index in [4.69, 9.17) is 0 Å². The Morgan fingerprint density at radius 3 is 2.88 bits per heavy atom. The van der Waals surface area contributed by atoms with Crippen LogP contribution < -0.4 is 10.6 Å². The molecule has 0 radical (unpaired) electrons. The molecule has 82 valence electrons. The Morgan fingerprint density at radius 2 is 2.19 bits per heavy atom. The molecular weight excluding hydrogens is 202 g/mol. The zero-order chi connectivity index (χ0) is 10.8. The van der Waals surface area contributed by atoms with Gasteiger partial charge in [0.05, 0.1) is 29.8 Å². The minimum atomic E-state index is 0.518. The van der Waals surface area contributed by atoms with E-state index in [-0.39, 0.29) is 0 Å². The van der Waals surface area contributed by atoms with Crippen LogP contribution >= 0.6 is 0 Å². The molecule has 0 amide bonds. The van der Waals surface area contributed by atoms with E-state index in [0.717, 1.165) is 24.5 Å². The second-order valence-corrected chi connectivity index (χ2v) is 3.86. The molecule has 0 aliphatic carbocycles. The fraction of sp³-hybridized carbons (Fsp3) is 0.273. The lowest BCUT2D eigenvalue weighted by atomic mass is 10.1. The molecule has 0 unspecified atom stereocenters. The van der Waals surface area contributed by atoms with Crippen molar-refractivity contribution in [2.75, 3.05) is 18.4 Å². The van der Waals surface area contributed by atoms with E-state index in [0.29, 0.717) is 6.04 Å². The van der Waals surface area contributed by atoms with Crippen molar-refractivity contribution >= 4 is 5.69 Å². The fourth-order valence-corrected chi connectivity index (χ4v) is 1.74. The van der Waals surface area contributed by atoms with Gasteiger partial charge in [0.2, 0.25) is 0 Å². The highest BCUT2D eigenvalue weighted by molar-refractivity contribution is 5.61. The third-order valence-electron chi connectivity index (χ3n) is 2.71. The van der Waals surface area contributed by atoms with Crippen molar-refractivity contribution in [1.29, 1.82) is 0 Å². The SMILES string of the molecule is c1ccc(-n2ccnn2)c(NC2CNC2)c1. The molecule has 1 aromatic heterocycles. The third-order valence-corrected chi connectivity index (χ3v) is 2.71. The lowest BCUT2D eigenvalue weighted by Gasteiger charge is -2.29. The maximum atomic E-state index is 4.01. The molecule has 1 saturated heterocycles. The van der Waals surface area contributed by atoms with Crippen LogP contribution in [0.15, 0.2) is 36.7 Å². The van der Waals surface area contributed by atoms with Crippen molar-refractivity contribution in [2.24, 2.45) is 0 Å². The quantitative estimate of drug-likeness (QED) is 0.789. The van der Waals surface area contributed by atoms with Crippen LogP contribution in [0.3, 0.4) is 0 Å². The number of hydrogen-bond donors (Lipinski definition) is 2. The first-order valence-corrected chi connectivity index (χ1v) is 5.36. The van der Waals surface area contributed by atoms with E-state index >= 15 is 0 Å². The molecule has 5 heteroatoms. The molecule has 0 spiro atoms. The Balaban J connectivity index is 1.91. The molecule has 0 bridgehead atoms. The minimum absolute atomic E-state index is 0.518. The van der Waals surface area contributed by atoms with Crippen molar-refractivity contribution in [3.8, 4) is 5.69 Å². The normalized spacial score (nSPS) is 15.8. The molecule has 1 aromatic carbocycles. The first kappa shape index (κ1) is 9.35. The molecule has 16 heavy (non-hydrogen) atoms. The first-order chi connectivity index (χ1) is 7.93. The summed E-state index contributed by atoms with van der Waals surface area (Å²) < 4.78 is 1.77. The van der Waals surface area contributed by atoms with Crippen molar-refractivity contribution in [3.63, 3.8) is 0 Å². The highest BCUT2D eigenvalue weighted by atomic mass is 15.4. The highest BCUT2D eigenvalue weighted by Gasteiger charge is 2.17. The number of anilines is 1. The molecule has 0 atom stereocenters. The van der Waals surface area contributed by atoms with Gasteiger partial charge in [-0.3, -0.25) is 0 Å². The maximum Gasteiger partial charge on any atom is 0.0894 e. The van der Waals surface area contributed by atoms with Crippen LogP contribution in [0.4, 0.5) is 5.69 Å². The highest BCUT2D eigenvalue weighted by Crippen LogP contribution is 2.20. The predicted molar refractivity (Wildman–Crippen MR) is 61.6 cm³/mol. The van der Waals surface area contributed by atoms with E-state index in [1.54, 1.807) is 10.9 Å². The van der Waals surface area contributed by atoms with E-state index in [1.165, 1.54) is 0 Å². The molecule has 1 aliphatic rings. The third kappa shape index (κ3) is 1.65. The van der Waals surface area contributed by atoms with Gasteiger partial charge in [0.25, 0.3) is 0 Å². The van der Waals surface area contributed by atoms with Crippen molar-refractivity contribution in [2.45, 2.75) is 6.04 Å². The monoisotopic (exact) mass is 215 g/mol. The summed E-state index contributed by atoms with van der Waals surface area (Å²) in [4.78, 5) is 0. The van der Waals surface area contributed by atoms with Crippen LogP contribution in [0, 0.1) is 0 Å². The van der Waals surface area contributed by atoms with Crippen LogP contribution in [0.1, 0.15) is 0 Å². The summed E-state index contributed by atoms with van der Waals surface area (Å²) >= 11 is 0. The van der Waals surface area contributed by atoms with Gasteiger partial charge in [0.1, 0.15) is 0 Å². The summed E-state index contributed by atoms with van der Waals surface area (Å²) in [5.74, 6) is 0. The van der Waals surface area contributed by atoms with Crippen molar-refractivity contribution in [1.82, 2.24) is 20.3 Å². The molecular formula is C11H13N5. The summed E-state index contributed by atoms with van der Waals surface area (Å²) in [5.41, 5.74) is 2.13. The lowest BCUT2D eigenvalue weighted by molar-refractivity contribution is 0.472. The number of nitrogens with zero attached hydrogens (tertiary/aromatic N) is 3. The number of nitrogens with one attached hydrogen (secondary N) is 2. The van der Waals surface area contributed by atoms with E-state index < -0.39 is 0 Å². The standard InChI is InChI=1S/C11H13N5/c1-2-4-11(16-6-5-13-15-16)10(3-1)14-9-7-12-8-9/h1-6,9,12,14H,7-8H2. The Morgan fingerprint density at radius 1 is 1.31 bits per heavy atom. The Labute approximate surface area is 93.5 Å². The summed E-state index contributed by atoms with van der Waals surface area (Å²) in [7, 11) is 0. The largest absolute Gasteiger partial charge is 0.378 e. The van der Waals surface area contributed by atoms with Gasteiger partial charge < -0.3 is 10.6 Å². The second-order valence-electron chi connectivity index (χ2n) is 3.86. The second kappa shape index (κ2) is 3.94. The molecule has 3 rings (SSSR count). The summed E-state index contributed by atoms with van der Waals surface area (Å²) in [5, 5.41) is 14.6. The fourth-order valence-electron chi connectivity index (χ4n) is 1.74. The Hall–Kier alpha value is -1.88. The molecule has 2 N–H and O–H groups in total. The smallest absolute Gasteiger partial charge is 0.0894 e. The predicted octanol–water partition coefficient (Wildman–Crippen LogP) is 0.651.